The molecule has 1 fully saturated rings. The molecule has 2 N–H and O–H groups in total. The van der Waals surface area contributed by atoms with Crippen LogP contribution in [0.5, 0.6) is 0 Å². The van der Waals surface area contributed by atoms with E-state index in [4.69, 9.17) is 0 Å². The highest BCUT2D eigenvalue weighted by Gasteiger charge is 2.23. The number of likely N-dealkylation sites (tertiary alicyclic amines) is 1. The lowest BCUT2D eigenvalue weighted by atomic mass is 10.1. The second kappa shape index (κ2) is 8.85. The van der Waals surface area contributed by atoms with Crippen LogP contribution in [-0.2, 0) is 4.79 Å². The molecule has 138 valence electrons. The molecule has 1 saturated heterocycles. The van der Waals surface area contributed by atoms with E-state index in [9.17, 15) is 9.59 Å². The summed E-state index contributed by atoms with van der Waals surface area (Å²) in [6.45, 7) is 6.73. The number of benzene rings is 1. The lowest BCUT2D eigenvalue weighted by Gasteiger charge is -2.24. The van der Waals surface area contributed by atoms with Gasteiger partial charge in [0.2, 0.25) is 5.91 Å². The van der Waals surface area contributed by atoms with E-state index in [0.717, 1.165) is 37.3 Å². The van der Waals surface area contributed by atoms with Gasteiger partial charge in [-0.25, -0.2) is 4.79 Å². The van der Waals surface area contributed by atoms with E-state index in [1.165, 1.54) is 0 Å². The average Bonchev–Trinajstić information content (AvgIpc) is 3.00. The molecule has 6 nitrogen and oxygen atoms in total. The largest absolute Gasteiger partial charge is 0.331 e. The van der Waals surface area contributed by atoms with E-state index in [-0.39, 0.29) is 18.0 Å². The van der Waals surface area contributed by atoms with Crippen LogP contribution in [0.25, 0.3) is 0 Å². The zero-order chi connectivity index (χ0) is 18.4. The summed E-state index contributed by atoms with van der Waals surface area (Å²) in [4.78, 5) is 27.9. The number of urea groups is 1. The van der Waals surface area contributed by atoms with Crippen molar-refractivity contribution < 1.29 is 9.59 Å². The number of nitrogens with zero attached hydrogens (tertiary/aromatic N) is 2. The zero-order valence-corrected chi connectivity index (χ0v) is 15.7. The number of amides is 3. The van der Waals surface area contributed by atoms with Gasteiger partial charge in [0.25, 0.3) is 0 Å². The number of anilines is 1. The van der Waals surface area contributed by atoms with Crippen LogP contribution >= 0.6 is 0 Å². The first kappa shape index (κ1) is 19.2. The summed E-state index contributed by atoms with van der Waals surface area (Å²) < 4.78 is 0. The summed E-state index contributed by atoms with van der Waals surface area (Å²) in [6, 6.07) is 7.46. The molecule has 1 aromatic rings. The molecule has 0 saturated carbocycles. The van der Waals surface area contributed by atoms with E-state index in [1.807, 2.05) is 45.2 Å². The molecule has 6 heteroatoms. The Kier molecular flexibility index (Phi) is 6.82. The average molecular weight is 346 g/mol. The highest BCUT2D eigenvalue weighted by atomic mass is 16.2. The standard InChI is InChI=1S/C19H30N4O2/c1-5-18(24)21-17-8-6-16(7-9-17)14(2)20-19(25)23(4)13-15-10-11-22(3)12-15/h6-9,14-15H,5,10-13H2,1-4H3,(H,20,25)(H,21,24)/t14-,15+/m1/s1. The molecule has 0 unspecified atom stereocenters. The van der Waals surface area contributed by atoms with Gasteiger partial charge in [-0.15, -0.1) is 0 Å². The van der Waals surface area contributed by atoms with Crippen molar-refractivity contribution in [2.45, 2.75) is 32.7 Å². The lowest BCUT2D eigenvalue weighted by molar-refractivity contribution is -0.115. The second-order valence-corrected chi connectivity index (χ2v) is 6.99. The van der Waals surface area contributed by atoms with E-state index < -0.39 is 0 Å². The summed E-state index contributed by atoms with van der Waals surface area (Å²) >= 11 is 0. The predicted molar refractivity (Wildman–Crippen MR) is 101 cm³/mol. The monoisotopic (exact) mass is 346 g/mol. The number of hydrogen-bond acceptors (Lipinski definition) is 3. The maximum atomic E-state index is 12.4. The Labute approximate surface area is 150 Å². The molecule has 0 aliphatic carbocycles. The van der Waals surface area contributed by atoms with Gasteiger partial charge >= 0.3 is 6.03 Å². The normalized spacial score (nSPS) is 18.6. The molecule has 2 atom stereocenters. The van der Waals surface area contributed by atoms with Gasteiger partial charge in [0.05, 0.1) is 6.04 Å². The Morgan fingerprint density at radius 3 is 2.56 bits per heavy atom. The molecular weight excluding hydrogens is 316 g/mol. The summed E-state index contributed by atoms with van der Waals surface area (Å²) in [5.74, 6) is 0.547. The van der Waals surface area contributed by atoms with Gasteiger partial charge in [0.15, 0.2) is 0 Å². The smallest absolute Gasteiger partial charge is 0.317 e. The van der Waals surface area contributed by atoms with Gasteiger partial charge in [-0.3, -0.25) is 4.79 Å². The quantitative estimate of drug-likeness (QED) is 0.832. The predicted octanol–water partition coefficient (Wildman–Crippen LogP) is 2.69. The topological polar surface area (TPSA) is 64.7 Å². The van der Waals surface area contributed by atoms with Gasteiger partial charge in [-0.2, -0.15) is 0 Å². The van der Waals surface area contributed by atoms with Crippen molar-refractivity contribution in [3.8, 4) is 0 Å². The van der Waals surface area contributed by atoms with Crippen LogP contribution in [-0.4, -0.2) is 55.5 Å². The minimum Gasteiger partial charge on any atom is -0.331 e. The number of hydrogen-bond donors (Lipinski definition) is 2. The van der Waals surface area contributed by atoms with Crippen molar-refractivity contribution in [3.63, 3.8) is 0 Å². The van der Waals surface area contributed by atoms with Crippen LogP contribution in [0.15, 0.2) is 24.3 Å². The first-order valence-electron chi connectivity index (χ1n) is 8.99. The summed E-state index contributed by atoms with van der Waals surface area (Å²) in [7, 11) is 3.97. The fraction of sp³-hybridized carbons (Fsp3) is 0.579. The minimum atomic E-state index is -0.0860. The molecular formula is C19H30N4O2. The molecule has 1 aromatic carbocycles. The Morgan fingerprint density at radius 2 is 2.00 bits per heavy atom. The summed E-state index contributed by atoms with van der Waals surface area (Å²) in [5.41, 5.74) is 1.79. The number of carbonyl (C=O) groups is 2. The first-order valence-corrected chi connectivity index (χ1v) is 8.99. The zero-order valence-electron chi connectivity index (χ0n) is 15.7. The van der Waals surface area contributed by atoms with Gasteiger partial charge in [-0.05, 0) is 50.6 Å². The van der Waals surface area contributed by atoms with Crippen molar-refractivity contribution in [2.75, 3.05) is 39.0 Å². The fourth-order valence-corrected chi connectivity index (χ4v) is 3.13. The molecule has 0 aromatic heterocycles. The van der Waals surface area contributed by atoms with Crippen molar-refractivity contribution in [1.29, 1.82) is 0 Å². The minimum absolute atomic E-state index is 0.00622. The highest BCUT2D eigenvalue weighted by molar-refractivity contribution is 5.90. The molecule has 1 heterocycles. The van der Waals surface area contributed by atoms with Crippen molar-refractivity contribution in [1.82, 2.24) is 15.1 Å². The van der Waals surface area contributed by atoms with Gasteiger partial charge in [-0.1, -0.05) is 19.1 Å². The molecule has 0 spiro atoms. The van der Waals surface area contributed by atoms with Crippen LogP contribution in [0.4, 0.5) is 10.5 Å². The fourth-order valence-electron chi connectivity index (χ4n) is 3.13. The lowest BCUT2D eigenvalue weighted by Crippen LogP contribution is -2.41. The Hall–Kier alpha value is -2.08. The Bertz CT molecular complexity index is 588. The number of carbonyl (C=O) groups excluding carboxylic acids is 2. The van der Waals surface area contributed by atoms with Gasteiger partial charge in [0, 0.05) is 32.2 Å². The number of nitrogens with one attached hydrogen (secondary N) is 2. The SMILES string of the molecule is CCC(=O)Nc1ccc([C@@H](C)NC(=O)N(C)C[C@H]2CCN(C)C2)cc1. The molecule has 1 aliphatic rings. The van der Waals surface area contributed by atoms with Crippen LogP contribution in [0.3, 0.4) is 0 Å². The third kappa shape index (κ3) is 5.74. The summed E-state index contributed by atoms with van der Waals surface area (Å²) in [6.07, 6.45) is 1.60. The van der Waals surface area contributed by atoms with Crippen LogP contribution in [0.1, 0.15) is 38.3 Å². The molecule has 3 amide bonds. The Morgan fingerprint density at radius 1 is 1.32 bits per heavy atom. The van der Waals surface area contributed by atoms with E-state index in [0.29, 0.717) is 12.3 Å². The summed E-state index contributed by atoms with van der Waals surface area (Å²) in [5, 5.41) is 5.86. The highest BCUT2D eigenvalue weighted by Crippen LogP contribution is 2.18. The maximum absolute atomic E-state index is 12.4. The third-order valence-electron chi connectivity index (χ3n) is 4.72. The first-order chi connectivity index (χ1) is 11.9. The molecule has 25 heavy (non-hydrogen) atoms. The van der Waals surface area contributed by atoms with Crippen LogP contribution in [0.2, 0.25) is 0 Å². The van der Waals surface area contributed by atoms with Crippen LogP contribution < -0.4 is 10.6 Å². The maximum Gasteiger partial charge on any atom is 0.317 e. The van der Waals surface area contributed by atoms with Crippen molar-refractivity contribution >= 4 is 17.6 Å². The molecule has 2 rings (SSSR count). The second-order valence-electron chi connectivity index (χ2n) is 6.99. The van der Waals surface area contributed by atoms with E-state index >= 15 is 0 Å². The third-order valence-corrected chi connectivity index (χ3v) is 4.72. The number of rotatable bonds is 6. The van der Waals surface area contributed by atoms with Gasteiger partial charge in [0.1, 0.15) is 0 Å². The van der Waals surface area contributed by atoms with E-state index in [1.54, 1.807) is 4.90 Å². The Balaban J connectivity index is 1.84. The van der Waals surface area contributed by atoms with Crippen molar-refractivity contribution in [3.05, 3.63) is 29.8 Å². The van der Waals surface area contributed by atoms with Gasteiger partial charge < -0.3 is 20.4 Å². The molecule has 1 aliphatic heterocycles. The molecule has 0 radical (unpaired) electrons. The van der Waals surface area contributed by atoms with Crippen molar-refractivity contribution in [2.24, 2.45) is 5.92 Å². The van der Waals surface area contributed by atoms with E-state index in [2.05, 4.69) is 22.6 Å². The van der Waals surface area contributed by atoms with Crippen LogP contribution in [0, 0.1) is 5.92 Å². The molecule has 0 bridgehead atoms.